The highest BCUT2D eigenvalue weighted by molar-refractivity contribution is 5.82. The van der Waals surface area contributed by atoms with Gasteiger partial charge in [0.15, 0.2) is 0 Å². The van der Waals surface area contributed by atoms with Crippen molar-refractivity contribution in [2.45, 2.75) is 40.7 Å². The molecule has 0 fully saturated rings. The van der Waals surface area contributed by atoms with Gasteiger partial charge < -0.3 is 16.0 Å². The average molecular weight is 243 g/mol. The minimum Gasteiger partial charge on any atom is -0.369 e. The molecule has 1 atom stereocenters. The summed E-state index contributed by atoms with van der Waals surface area (Å²) in [4.78, 5) is 24.8. The van der Waals surface area contributed by atoms with Crippen LogP contribution in [0.1, 0.15) is 34.6 Å². The quantitative estimate of drug-likeness (QED) is 0.677. The van der Waals surface area contributed by atoms with E-state index in [1.165, 1.54) is 0 Å². The Morgan fingerprint density at radius 1 is 1.29 bits per heavy atom. The molecule has 0 aromatic carbocycles. The molecular formula is C12H25N3O2. The second-order valence-electron chi connectivity index (χ2n) is 4.86. The molecule has 0 aliphatic carbocycles. The number of rotatable bonds is 7. The van der Waals surface area contributed by atoms with E-state index >= 15 is 0 Å². The molecule has 5 heteroatoms. The van der Waals surface area contributed by atoms with Crippen molar-refractivity contribution in [1.82, 2.24) is 10.2 Å². The standard InChI is InChI=1S/C12H25N3O2/c1-6-15(7-2)10(16)9(3)14-8-12(4,5)11(13)17/h9,14H,6-8H2,1-5H3,(H2,13,17). The van der Waals surface area contributed by atoms with Crippen LogP contribution in [0.5, 0.6) is 0 Å². The van der Waals surface area contributed by atoms with Crippen LogP contribution in [0.3, 0.4) is 0 Å². The van der Waals surface area contributed by atoms with Crippen molar-refractivity contribution >= 4 is 11.8 Å². The van der Waals surface area contributed by atoms with Crippen LogP contribution in [0, 0.1) is 5.41 Å². The highest BCUT2D eigenvalue weighted by Gasteiger charge is 2.27. The molecule has 17 heavy (non-hydrogen) atoms. The van der Waals surface area contributed by atoms with Crippen LogP contribution in [0.15, 0.2) is 0 Å². The summed E-state index contributed by atoms with van der Waals surface area (Å²) >= 11 is 0. The number of amides is 2. The molecule has 0 saturated heterocycles. The number of nitrogens with zero attached hydrogens (tertiary/aromatic N) is 1. The van der Waals surface area contributed by atoms with Crippen molar-refractivity contribution in [3.8, 4) is 0 Å². The number of carbonyl (C=O) groups excluding carboxylic acids is 2. The Kier molecular flexibility index (Phi) is 6.16. The highest BCUT2D eigenvalue weighted by Crippen LogP contribution is 2.12. The van der Waals surface area contributed by atoms with Gasteiger partial charge in [-0.05, 0) is 34.6 Å². The summed E-state index contributed by atoms with van der Waals surface area (Å²) in [6.07, 6.45) is 0. The van der Waals surface area contributed by atoms with Crippen LogP contribution < -0.4 is 11.1 Å². The first-order valence-electron chi connectivity index (χ1n) is 6.08. The summed E-state index contributed by atoms with van der Waals surface area (Å²) in [5.41, 5.74) is 4.63. The van der Waals surface area contributed by atoms with Crippen molar-refractivity contribution in [1.29, 1.82) is 0 Å². The van der Waals surface area contributed by atoms with E-state index in [0.717, 1.165) is 0 Å². The molecule has 0 radical (unpaired) electrons. The number of carbonyl (C=O) groups is 2. The van der Waals surface area contributed by atoms with Crippen LogP contribution >= 0.6 is 0 Å². The molecule has 3 N–H and O–H groups in total. The zero-order valence-electron chi connectivity index (χ0n) is 11.5. The second kappa shape index (κ2) is 6.59. The number of nitrogens with one attached hydrogen (secondary N) is 1. The van der Waals surface area contributed by atoms with Crippen LogP contribution in [0.25, 0.3) is 0 Å². The fraction of sp³-hybridized carbons (Fsp3) is 0.833. The van der Waals surface area contributed by atoms with E-state index in [9.17, 15) is 9.59 Å². The molecule has 0 bridgehead atoms. The van der Waals surface area contributed by atoms with Gasteiger partial charge in [-0.3, -0.25) is 9.59 Å². The van der Waals surface area contributed by atoms with Crippen molar-refractivity contribution in [3.05, 3.63) is 0 Å². The molecule has 0 aliphatic rings. The molecule has 0 heterocycles. The minimum atomic E-state index is -0.641. The maximum absolute atomic E-state index is 11.9. The Bertz CT molecular complexity index is 273. The van der Waals surface area contributed by atoms with Crippen molar-refractivity contribution in [2.75, 3.05) is 19.6 Å². The monoisotopic (exact) mass is 243 g/mol. The lowest BCUT2D eigenvalue weighted by molar-refractivity contribution is -0.133. The summed E-state index contributed by atoms with van der Waals surface area (Å²) in [6.45, 7) is 11.0. The van der Waals surface area contributed by atoms with Crippen LogP contribution in [-0.4, -0.2) is 42.4 Å². The summed E-state index contributed by atoms with van der Waals surface area (Å²) in [6, 6.07) is -0.298. The third kappa shape index (κ3) is 4.73. The normalized spacial score (nSPS) is 13.2. The molecule has 0 saturated carbocycles. The number of hydrogen-bond acceptors (Lipinski definition) is 3. The lowest BCUT2D eigenvalue weighted by Crippen LogP contribution is -2.49. The summed E-state index contributed by atoms with van der Waals surface area (Å²) in [5, 5.41) is 3.06. The molecule has 5 nitrogen and oxygen atoms in total. The topological polar surface area (TPSA) is 75.4 Å². The average Bonchev–Trinajstić information content (AvgIpc) is 2.27. The molecule has 0 spiro atoms. The van der Waals surface area contributed by atoms with Gasteiger partial charge in [0.2, 0.25) is 11.8 Å². The Balaban J connectivity index is 4.32. The zero-order valence-corrected chi connectivity index (χ0v) is 11.5. The van der Waals surface area contributed by atoms with E-state index in [1.807, 2.05) is 13.8 Å². The Morgan fingerprint density at radius 3 is 2.12 bits per heavy atom. The Labute approximate surface area is 104 Å². The molecule has 2 amide bonds. The fourth-order valence-electron chi connectivity index (χ4n) is 1.39. The minimum absolute atomic E-state index is 0.0512. The predicted molar refractivity (Wildman–Crippen MR) is 68.4 cm³/mol. The van der Waals surface area contributed by atoms with E-state index in [1.54, 1.807) is 25.7 Å². The molecule has 0 aliphatic heterocycles. The maximum atomic E-state index is 11.9. The zero-order chi connectivity index (χ0) is 13.6. The number of hydrogen-bond donors (Lipinski definition) is 2. The van der Waals surface area contributed by atoms with Gasteiger partial charge in [-0.1, -0.05) is 0 Å². The van der Waals surface area contributed by atoms with Crippen molar-refractivity contribution < 1.29 is 9.59 Å². The van der Waals surface area contributed by atoms with E-state index in [0.29, 0.717) is 19.6 Å². The first-order valence-corrected chi connectivity index (χ1v) is 6.08. The lowest BCUT2D eigenvalue weighted by atomic mass is 9.92. The summed E-state index contributed by atoms with van der Waals surface area (Å²) < 4.78 is 0. The lowest BCUT2D eigenvalue weighted by Gasteiger charge is -2.27. The van der Waals surface area contributed by atoms with Gasteiger partial charge in [-0.15, -0.1) is 0 Å². The van der Waals surface area contributed by atoms with Gasteiger partial charge in [0, 0.05) is 19.6 Å². The largest absolute Gasteiger partial charge is 0.369 e. The third-order valence-electron chi connectivity index (χ3n) is 2.96. The first-order chi connectivity index (χ1) is 7.76. The number of likely N-dealkylation sites (N-methyl/N-ethyl adjacent to an activating group) is 1. The molecule has 1 unspecified atom stereocenters. The number of nitrogens with two attached hydrogens (primary N) is 1. The van der Waals surface area contributed by atoms with Gasteiger partial charge >= 0.3 is 0 Å². The molecule has 0 aromatic heterocycles. The van der Waals surface area contributed by atoms with Gasteiger partial charge in [0.05, 0.1) is 11.5 Å². The number of primary amides is 1. The summed E-state index contributed by atoms with van der Waals surface area (Å²) in [7, 11) is 0. The van der Waals surface area contributed by atoms with Crippen LogP contribution in [0.4, 0.5) is 0 Å². The smallest absolute Gasteiger partial charge is 0.239 e. The SMILES string of the molecule is CCN(CC)C(=O)C(C)NCC(C)(C)C(N)=O. The molecular weight excluding hydrogens is 218 g/mol. The van der Waals surface area contributed by atoms with E-state index in [4.69, 9.17) is 5.73 Å². The molecule has 0 aromatic rings. The van der Waals surface area contributed by atoms with Crippen molar-refractivity contribution in [3.63, 3.8) is 0 Å². The van der Waals surface area contributed by atoms with Gasteiger partial charge in [0.1, 0.15) is 0 Å². The fourth-order valence-corrected chi connectivity index (χ4v) is 1.39. The predicted octanol–water partition coefficient (Wildman–Crippen LogP) is 0.344. The first kappa shape index (κ1) is 15.9. The van der Waals surface area contributed by atoms with Gasteiger partial charge in [0.25, 0.3) is 0 Å². The van der Waals surface area contributed by atoms with Crippen molar-refractivity contribution in [2.24, 2.45) is 11.1 Å². The van der Waals surface area contributed by atoms with E-state index < -0.39 is 5.41 Å². The molecule has 0 rings (SSSR count). The van der Waals surface area contributed by atoms with E-state index in [2.05, 4.69) is 5.32 Å². The van der Waals surface area contributed by atoms with Gasteiger partial charge in [-0.25, -0.2) is 0 Å². The molecule has 100 valence electrons. The summed E-state index contributed by atoms with van der Waals surface area (Å²) in [5.74, 6) is -0.317. The van der Waals surface area contributed by atoms with Crippen LogP contribution in [0.2, 0.25) is 0 Å². The van der Waals surface area contributed by atoms with E-state index in [-0.39, 0.29) is 17.9 Å². The Hall–Kier alpha value is -1.10. The third-order valence-corrected chi connectivity index (χ3v) is 2.96. The van der Waals surface area contributed by atoms with Gasteiger partial charge in [-0.2, -0.15) is 0 Å². The Morgan fingerprint density at radius 2 is 1.76 bits per heavy atom. The maximum Gasteiger partial charge on any atom is 0.239 e. The highest BCUT2D eigenvalue weighted by atomic mass is 16.2. The second-order valence-corrected chi connectivity index (χ2v) is 4.86. The van der Waals surface area contributed by atoms with Crippen LogP contribution in [-0.2, 0) is 9.59 Å².